The Morgan fingerprint density at radius 3 is 2.67 bits per heavy atom. The number of benzene rings is 1. The number of hydrazone groups is 1. The third kappa shape index (κ3) is 3.21. The van der Waals surface area contributed by atoms with Crippen molar-refractivity contribution in [3.8, 4) is 0 Å². The Balaban J connectivity index is 1.96. The Kier molecular flexibility index (Phi) is 3.76. The van der Waals surface area contributed by atoms with Gasteiger partial charge in [-0.25, -0.2) is 9.82 Å². The van der Waals surface area contributed by atoms with Crippen molar-refractivity contribution in [1.82, 2.24) is 10.4 Å². The number of aromatic nitrogens is 1. The van der Waals surface area contributed by atoms with Crippen LogP contribution in [0.2, 0.25) is 0 Å². The van der Waals surface area contributed by atoms with E-state index in [-0.39, 0.29) is 11.5 Å². The van der Waals surface area contributed by atoms with E-state index in [0.717, 1.165) is 0 Å². The van der Waals surface area contributed by atoms with Gasteiger partial charge in [0.05, 0.1) is 6.21 Å². The molecule has 0 aliphatic rings. The van der Waals surface area contributed by atoms with E-state index < -0.39 is 5.91 Å². The smallest absolute Gasteiger partial charge is 0.266 e. The highest BCUT2D eigenvalue weighted by molar-refractivity contribution is 5.92. The fraction of sp³-hybridized carbons (Fsp3) is 0. The highest BCUT2D eigenvalue weighted by Gasteiger charge is 2.03. The second kappa shape index (κ2) is 5.67. The van der Waals surface area contributed by atoms with Gasteiger partial charge in [0.15, 0.2) is 0 Å². The summed E-state index contributed by atoms with van der Waals surface area (Å²) in [6.07, 6.45) is 2.96. The molecule has 4 nitrogen and oxygen atoms in total. The van der Waals surface area contributed by atoms with Crippen LogP contribution >= 0.6 is 0 Å². The van der Waals surface area contributed by atoms with Crippen LogP contribution in [0.25, 0.3) is 0 Å². The van der Waals surface area contributed by atoms with Gasteiger partial charge in [-0.1, -0.05) is 18.2 Å². The summed E-state index contributed by atoms with van der Waals surface area (Å²) in [5, 5.41) is 3.76. The van der Waals surface area contributed by atoms with Crippen molar-refractivity contribution in [3.63, 3.8) is 0 Å². The summed E-state index contributed by atoms with van der Waals surface area (Å²) in [6, 6.07) is 10.8. The molecule has 1 N–H and O–H groups in total. The summed E-state index contributed by atoms with van der Waals surface area (Å²) in [4.78, 5) is 15.4. The number of hydrogen-bond donors (Lipinski definition) is 1. The zero-order valence-electron chi connectivity index (χ0n) is 9.38. The predicted octanol–water partition coefficient (Wildman–Crippen LogP) is 1.98. The third-order valence-corrected chi connectivity index (χ3v) is 2.15. The third-order valence-electron chi connectivity index (χ3n) is 2.15. The normalized spacial score (nSPS) is 10.5. The molecular formula is C13H10FN3O. The number of rotatable bonds is 3. The number of carbonyl (C=O) groups excluding carboxylic acids is 1. The van der Waals surface area contributed by atoms with E-state index in [0.29, 0.717) is 5.56 Å². The minimum absolute atomic E-state index is 0.286. The molecule has 5 heteroatoms. The van der Waals surface area contributed by atoms with Gasteiger partial charge in [-0.15, -0.1) is 0 Å². The van der Waals surface area contributed by atoms with Crippen LogP contribution in [0.1, 0.15) is 16.1 Å². The second-order valence-electron chi connectivity index (χ2n) is 3.47. The second-order valence-corrected chi connectivity index (χ2v) is 3.47. The van der Waals surface area contributed by atoms with E-state index in [9.17, 15) is 9.18 Å². The molecule has 0 radical (unpaired) electrons. The molecule has 0 unspecified atom stereocenters. The van der Waals surface area contributed by atoms with Gasteiger partial charge >= 0.3 is 0 Å². The van der Waals surface area contributed by atoms with Gasteiger partial charge in [0.1, 0.15) is 11.5 Å². The minimum atomic E-state index is -0.394. The molecule has 18 heavy (non-hydrogen) atoms. The Hall–Kier alpha value is -2.56. The average Bonchev–Trinajstić information content (AvgIpc) is 2.42. The quantitative estimate of drug-likeness (QED) is 0.662. The van der Waals surface area contributed by atoms with E-state index in [2.05, 4.69) is 15.5 Å². The van der Waals surface area contributed by atoms with Gasteiger partial charge in [-0.05, 0) is 29.8 Å². The summed E-state index contributed by atoms with van der Waals surface area (Å²) in [6.45, 7) is 0. The predicted molar refractivity (Wildman–Crippen MR) is 65.7 cm³/mol. The summed E-state index contributed by atoms with van der Waals surface area (Å²) < 4.78 is 12.6. The number of hydrogen-bond acceptors (Lipinski definition) is 3. The largest absolute Gasteiger partial charge is 0.289 e. The van der Waals surface area contributed by atoms with Crippen molar-refractivity contribution in [2.24, 2.45) is 5.10 Å². The van der Waals surface area contributed by atoms with Crippen molar-refractivity contribution in [3.05, 3.63) is 65.7 Å². The standard InChI is InChI=1S/C13H10FN3O/c14-11-6-4-10(5-7-11)9-16-17-13(18)12-3-1-2-8-15-12/h1-9H,(H,17,18). The van der Waals surface area contributed by atoms with Gasteiger partial charge in [0.25, 0.3) is 5.91 Å². The van der Waals surface area contributed by atoms with Crippen LogP contribution in [-0.2, 0) is 0 Å². The molecule has 0 fully saturated rings. The molecule has 0 aliphatic heterocycles. The minimum Gasteiger partial charge on any atom is -0.266 e. The Morgan fingerprint density at radius 1 is 1.22 bits per heavy atom. The maximum absolute atomic E-state index is 12.6. The van der Waals surface area contributed by atoms with Crippen molar-refractivity contribution in [2.45, 2.75) is 0 Å². The van der Waals surface area contributed by atoms with Crippen LogP contribution in [0.3, 0.4) is 0 Å². The van der Waals surface area contributed by atoms with E-state index in [1.807, 2.05) is 0 Å². The van der Waals surface area contributed by atoms with Gasteiger partial charge in [-0.2, -0.15) is 5.10 Å². The molecule has 0 atom stereocenters. The first-order chi connectivity index (χ1) is 8.75. The average molecular weight is 243 g/mol. The van der Waals surface area contributed by atoms with Crippen molar-refractivity contribution in [1.29, 1.82) is 0 Å². The summed E-state index contributed by atoms with van der Waals surface area (Å²) in [7, 11) is 0. The molecule has 1 amide bonds. The van der Waals surface area contributed by atoms with E-state index >= 15 is 0 Å². The molecule has 2 aromatic rings. The van der Waals surface area contributed by atoms with Crippen LogP contribution in [0.15, 0.2) is 53.8 Å². The lowest BCUT2D eigenvalue weighted by Crippen LogP contribution is -2.18. The van der Waals surface area contributed by atoms with Crippen LogP contribution in [-0.4, -0.2) is 17.1 Å². The lowest BCUT2D eigenvalue weighted by Gasteiger charge is -1.97. The maximum Gasteiger partial charge on any atom is 0.289 e. The first kappa shape index (κ1) is 11.9. The Labute approximate surface area is 103 Å². The summed E-state index contributed by atoms with van der Waals surface area (Å²) in [5.41, 5.74) is 3.31. The topological polar surface area (TPSA) is 54.4 Å². The van der Waals surface area contributed by atoms with E-state index in [4.69, 9.17) is 0 Å². The monoisotopic (exact) mass is 243 g/mol. The Bertz CT molecular complexity index is 552. The molecule has 2 rings (SSSR count). The fourth-order valence-corrected chi connectivity index (χ4v) is 1.27. The Morgan fingerprint density at radius 2 is 2.00 bits per heavy atom. The number of nitrogens with zero attached hydrogens (tertiary/aromatic N) is 2. The zero-order chi connectivity index (χ0) is 12.8. The molecule has 0 bridgehead atoms. The number of nitrogens with one attached hydrogen (secondary N) is 1. The highest BCUT2D eigenvalue weighted by atomic mass is 19.1. The number of pyridine rings is 1. The van der Waals surface area contributed by atoms with E-state index in [1.165, 1.54) is 24.5 Å². The highest BCUT2D eigenvalue weighted by Crippen LogP contribution is 1.99. The maximum atomic E-state index is 12.6. The number of carbonyl (C=O) groups is 1. The molecule has 0 saturated carbocycles. The first-order valence-corrected chi connectivity index (χ1v) is 5.26. The lowest BCUT2D eigenvalue weighted by molar-refractivity contribution is 0.0950. The van der Waals surface area contributed by atoms with Crippen molar-refractivity contribution in [2.75, 3.05) is 0 Å². The zero-order valence-corrected chi connectivity index (χ0v) is 9.38. The van der Waals surface area contributed by atoms with Crippen LogP contribution in [0.5, 0.6) is 0 Å². The number of amides is 1. The van der Waals surface area contributed by atoms with Crippen molar-refractivity contribution >= 4 is 12.1 Å². The van der Waals surface area contributed by atoms with Gasteiger partial charge in [0, 0.05) is 6.20 Å². The molecule has 1 heterocycles. The lowest BCUT2D eigenvalue weighted by atomic mass is 10.2. The molecule has 1 aromatic carbocycles. The van der Waals surface area contributed by atoms with Gasteiger partial charge in [-0.3, -0.25) is 9.78 Å². The molecule has 1 aromatic heterocycles. The summed E-state index contributed by atoms with van der Waals surface area (Å²) in [5.74, 6) is -0.710. The first-order valence-electron chi connectivity index (χ1n) is 5.26. The van der Waals surface area contributed by atoms with Gasteiger partial charge in [0.2, 0.25) is 0 Å². The van der Waals surface area contributed by atoms with Crippen molar-refractivity contribution < 1.29 is 9.18 Å². The van der Waals surface area contributed by atoms with Crippen LogP contribution < -0.4 is 5.43 Å². The molecule has 90 valence electrons. The molecule has 0 spiro atoms. The molecule has 0 aliphatic carbocycles. The van der Waals surface area contributed by atoms with Crippen LogP contribution in [0, 0.1) is 5.82 Å². The fourth-order valence-electron chi connectivity index (χ4n) is 1.27. The van der Waals surface area contributed by atoms with E-state index in [1.54, 1.807) is 30.3 Å². The molecular weight excluding hydrogens is 233 g/mol. The van der Waals surface area contributed by atoms with Gasteiger partial charge < -0.3 is 0 Å². The number of halogens is 1. The molecule has 0 saturated heterocycles. The SMILES string of the molecule is O=C(NN=Cc1ccc(F)cc1)c1ccccn1. The summed E-state index contributed by atoms with van der Waals surface area (Å²) >= 11 is 0. The van der Waals surface area contributed by atoms with Crippen LogP contribution in [0.4, 0.5) is 4.39 Å².